The Balaban J connectivity index is 1.97. The lowest BCUT2D eigenvalue weighted by molar-refractivity contribution is -0.118. The first-order valence-electron chi connectivity index (χ1n) is 7.07. The number of hydrogen-bond acceptors (Lipinski definition) is 2. The largest absolute Gasteiger partial charge is 0.399 e. The summed E-state index contributed by atoms with van der Waals surface area (Å²) < 4.78 is 0.938. The number of rotatable bonds is 2. The Kier molecular flexibility index (Phi) is 3.97. The van der Waals surface area contributed by atoms with Crippen LogP contribution in [0.1, 0.15) is 24.0 Å². The number of nitrogens with zero attached hydrogens (tertiary/aromatic N) is 1. The van der Waals surface area contributed by atoms with Gasteiger partial charge in [0, 0.05) is 22.3 Å². The Morgan fingerprint density at radius 1 is 1.14 bits per heavy atom. The van der Waals surface area contributed by atoms with Gasteiger partial charge in [0.15, 0.2) is 0 Å². The Hall–Kier alpha value is -1.81. The number of fused-ring (bicyclic) bond motifs is 1. The highest BCUT2D eigenvalue weighted by Crippen LogP contribution is 2.29. The van der Waals surface area contributed by atoms with Crippen LogP contribution in [-0.4, -0.2) is 5.91 Å². The summed E-state index contributed by atoms with van der Waals surface area (Å²) in [5, 5.41) is 0. The van der Waals surface area contributed by atoms with Crippen LogP contribution < -0.4 is 10.6 Å². The molecule has 1 amide bonds. The molecule has 2 aromatic rings. The van der Waals surface area contributed by atoms with Crippen LogP contribution in [0.5, 0.6) is 0 Å². The van der Waals surface area contributed by atoms with Gasteiger partial charge in [0.2, 0.25) is 5.91 Å². The number of amides is 1. The van der Waals surface area contributed by atoms with E-state index in [0.29, 0.717) is 18.7 Å². The SMILES string of the molecule is Nc1cc(Br)cc(CN2C(=O)CCCc3ccccc32)c1. The molecule has 0 aliphatic carbocycles. The fourth-order valence-electron chi connectivity index (χ4n) is 2.81. The molecule has 0 radical (unpaired) electrons. The molecule has 2 N–H and O–H groups in total. The van der Waals surface area contributed by atoms with Crippen molar-refractivity contribution < 1.29 is 4.79 Å². The fourth-order valence-corrected chi connectivity index (χ4v) is 3.37. The number of nitrogen functional groups attached to an aromatic ring is 1. The van der Waals surface area contributed by atoms with Gasteiger partial charge in [-0.2, -0.15) is 0 Å². The first-order valence-corrected chi connectivity index (χ1v) is 7.86. The van der Waals surface area contributed by atoms with Crippen molar-refractivity contribution in [3.63, 3.8) is 0 Å². The zero-order valence-electron chi connectivity index (χ0n) is 11.7. The average molecular weight is 345 g/mol. The molecule has 0 unspecified atom stereocenters. The normalized spacial score (nSPS) is 14.7. The van der Waals surface area contributed by atoms with Crippen LogP contribution in [-0.2, 0) is 17.8 Å². The number of benzene rings is 2. The van der Waals surface area contributed by atoms with Gasteiger partial charge in [-0.3, -0.25) is 4.79 Å². The van der Waals surface area contributed by atoms with Gasteiger partial charge in [-0.15, -0.1) is 0 Å². The van der Waals surface area contributed by atoms with E-state index < -0.39 is 0 Å². The number of hydrogen-bond donors (Lipinski definition) is 1. The Morgan fingerprint density at radius 2 is 1.95 bits per heavy atom. The van der Waals surface area contributed by atoms with Crippen molar-refractivity contribution in [3.8, 4) is 0 Å². The maximum atomic E-state index is 12.4. The molecule has 3 rings (SSSR count). The highest BCUT2D eigenvalue weighted by molar-refractivity contribution is 9.10. The van der Waals surface area contributed by atoms with Gasteiger partial charge in [0.1, 0.15) is 0 Å². The second kappa shape index (κ2) is 5.90. The van der Waals surface area contributed by atoms with Gasteiger partial charge in [0.25, 0.3) is 0 Å². The minimum absolute atomic E-state index is 0.179. The molecule has 3 nitrogen and oxygen atoms in total. The van der Waals surface area contributed by atoms with E-state index in [1.165, 1.54) is 5.56 Å². The second-order valence-corrected chi connectivity index (χ2v) is 6.27. The van der Waals surface area contributed by atoms with Gasteiger partial charge in [-0.25, -0.2) is 0 Å². The minimum Gasteiger partial charge on any atom is -0.399 e. The van der Waals surface area contributed by atoms with Crippen molar-refractivity contribution in [1.29, 1.82) is 0 Å². The highest BCUT2D eigenvalue weighted by atomic mass is 79.9. The highest BCUT2D eigenvalue weighted by Gasteiger charge is 2.22. The molecule has 0 fully saturated rings. The number of carbonyl (C=O) groups is 1. The molecule has 0 saturated carbocycles. The first kappa shape index (κ1) is 14.1. The van der Waals surface area contributed by atoms with Crippen LogP contribution in [0.15, 0.2) is 46.9 Å². The third kappa shape index (κ3) is 3.10. The summed E-state index contributed by atoms with van der Waals surface area (Å²) in [5.41, 5.74) is 9.90. The second-order valence-electron chi connectivity index (χ2n) is 5.35. The molecular weight excluding hydrogens is 328 g/mol. The number of carbonyl (C=O) groups excluding carboxylic acids is 1. The molecule has 1 heterocycles. The number of nitrogens with two attached hydrogens (primary N) is 1. The van der Waals surface area contributed by atoms with E-state index in [1.807, 2.05) is 41.3 Å². The molecule has 0 spiro atoms. The number of aryl methyl sites for hydroxylation is 1. The first-order chi connectivity index (χ1) is 10.1. The van der Waals surface area contributed by atoms with E-state index in [1.54, 1.807) is 0 Å². The lowest BCUT2D eigenvalue weighted by Gasteiger charge is -2.23. The summed E-state index contributed by atoms with van der Waals surface area (Å²) in [6.07, 6.45) is 2.46. The van der Waals surface area contributed by atoms with Crippen LogP contribution in [0.2, 0.25) is 0 Å². The molecule has 0 saturated heterocycles. The van der Waals surface area contributed by atoms with Crippen LogP contribution in [0.3, 0.4) is 0 Å². The van der Waals surface area contributed by atoms with Crippen LogP contribution in [0, 0.1) is 0 Å². The lowest BCUT2D eigenvalue weighted by atomic mass is 10.1. The molecule has 4 heteroatoms. The molecule has 21 heavy (non-hydrogen) atoms. The standard InChI is InChI=1S/C17H17BrN2O/c18-14-8-12(9-15(19)10-14)11-20-16-6-2-1-4-13(16)5-3-7-17(20)21/h1-2,4,6,8-10H,3,5,7,11,19H2. The molecule has 0 aromatic heterocycles. The van der Waals surface area contributed by atoms with Crippen LogP contribution >= 0.6 is 15.9 Å². The molecular formula is C17H17BrN2O. The van der Waals surface area contributed by atoms with Gasteiger partial charge in [-0.05, 0) is 48.2 Å². The number of para-hydroxylation sites is 1. The summed E-state index contributed by atoms with van der Waals surface area (Å²) in [6.45, 7) is 0.555. The quantitative estimate of drug-likeness (QED) is 0.839. The van der Waals surface area contributed by atoms with Crippen molar-refractivity contribution in [1.82, 2.24) is 0 Å². The Morgan fingerprint density at radius 3 is 2.76 bits per heavy atom. The topological polar surface area (TPSA) is 46.3 Å². The van der Waals surface area contributed by atoms with Crippen molar-refractivity contribution in [3.05, 3.63) is 58.1 Å². The zero-order valence-corrected chi connectivity index (χ0v) is 13.3. The number of halogens is 1. The third-order valence-corrected chi connectivity index (χ3v) is 4.20. The van der Waals surface area contributed by atoms with E-state index in [0.717, 1.165) is 28.6 Å². The zero-order chi connectivity index (χ0) is 14.8. The summed E-state index contributed by atoms with van der Waals surface area (Å²) in [6, 6.07) is 13.9. The Labute approximate surface area is 132 Å². The lowest BCUT2D eigenvalue weighted by Crippen LogP contribution is -2.29. The van der Waals surface area contributed by atoms with Gasteiger partial charge >= 0.3 is 0 Å². The summed E-state index contributed by atoms with van der Waals surface area (Å²) in [7, 11) is 0. The van der Waals surface area contributed by atoms with E-state index in [-0.39, 0.29) is 5.91 Å². The third-order valence-electron chi connectivity index (χ3n) is 3.74. The van der Waals surface area contributed by atoms with Crippen molar-refractivity contribution in [2.45, 2.75) is 25.8 Å². The van der Waals surface area contributed by atoms with E-state index in [2.05, 4.69) is 22.0 Å². The molecule has 108 valence electrons. The average Bonchev–Trinajstić information content (AvgIpc) is 2.58. The molecule has 1 aliphatic rings. The maximum Gasteiger partial charge on any atom is 0.227 e. The molecule has 2 aromatic carbocycles. The Bertz CT molecular complexity index is 664. The summed E-state index contributed by atoms with van der Waals surface area (Å²) >= 11 is 3.46. The van der Waals surface area contributed by atoms with Crippen molar-refractivity contribution in [2.24, 2.45) is 0 Å². The van der Waals surface area contributed by atoms with Gasteiger partial charge in [-0.1, -0.05) is 34.1 Å². The maximum absolute atomic E-state index is 12.4. The fraction of sp³-hybridized carbons (Fsp3) is 0.235. The monoisotopic (exact) mass is 344 g/mol. The van der Waals surface area contributed by atoms with Crippen molar-refractivity contribution >= 4 is 33.2 Å². The summed E-state index contributed by atoms with van der Waals surface area (Å²) in [4.78, 5) is 14.3. The smallest absolute Gasteiger partial charge is 0.227 e. The van der Waals surface area contributed by atoms with Crippen molar-refractivity contribution in [2.75, 3.05) is 10.6 Å². The van der Waals surface area contributed by atoms with Crippen LogP contribution in [0.4, 0.5) is 11.4 Å². The predicted molar refractivity (Wildman–Crippen MR) is 89.1 cm³/mol. The van der Waals surface area contributed by atoms with E-state index in [9.17, 15) is 4.79 Å². The van der Waals surface area contributed by atoms with Crippen LogP contribution in [0.25, 0.3) is 0 Å². The molecule has 1 aliphatic heterocycles. The van der Waals surface area contributed by atoms with Gasteiger partial charge < -0.3 is 10.6 Å². The van der Waals surface area contributed by atoms with Gasteiger partial charge in [0.05, 0.1) is 6.54 Å². The minimum atomic E-state index is 0.179. The number of anilines is 2. The molecule has 0 bridgehead atoms. The van der Waals surface area contributed by atoms with E-state index >= 15 is 0 Å². The predicted octanol–water partition coefficient (Wildman–Crippen LogP) is 3.90. The molecule has 0 atom stereocenters. The van der Waals surface area contributed by atoms with E-state index in [4.69, 9.17) is 5.73 Å². The summed E-state index contributed by atoms with van der Waals surface area (Å²) in [5.74, 6) is 0.179.